The number of phosphoric acid groups is 2. The van der Waals surface area contributed by atoms with E-state index in [4.69, 9.17) is 24.5 Å². The van der Waals surface area contributed by atoms with Gasteiger partial charge in [0.05, 0.1) is 12.9 Å². The fourth-order valence-electron chi connectivity index (χ4n) is 5.22. The Balaban J connectivity index is 1.32. The van der Waals surface area contributed by atoms with Crippen LogP contribution in [0.25, 0.3) is 11.2 Å². The van der Waals surface area contributed by atoms with E-state index in [-0.39, 0.29) is 5.82 Å². The number of unbranched alkanes of at least 4 members (excludes halogenated alkanes) is 2. The van der Waals surface area contributed by atoms with E-state index in [1.807, 2.05) is 6.92 Å². The molecule has 1 aromatic carbocycles. The van der Waals surface area contributed by atoms with Crippen molar-refractivity contribution in [1.29, 1.82) is 0 Å². The molecule has 0 saturated carbocycles. The number of hydrogen-bond acceptors (Lipinski definition) is 17. The maximum Gasteiger partial charge on any atom is 0.279 e. The molecule has 2 aliphatic rings. The van der Waals surface area contributed by atoms with Gasteiger partial charge in [0, 0.05) is 11.1 Å². The minimum atomic E-state index is -6.00. The van der Waals surface area contributed by atoms with Crippen LogP contribution in [-0.2, 0) is 41.1 Å². The number of benzene rings is 1. The average molecular weight is 749 g/mol. The van der Waals surface area contributed by atoms with Crippen molar-refractivity contribution in [3.63, 3.8) is 0 Å². The second-order valence-electron chi connectivity index (χ2n) is 11.4. The van der Waals surface area contributed by atoms with Crippen LogP contribution in [0.15, 0.2) is 29.7 Å². The molecule has 17 nitrogen and oxygen atoms in total. The number of aryl methyl sites for hydroxylation is 2. The number of aromatic nitrogens is 4. The summed E-state index contributed by atoms with van der Waals surface area (Å²) in [6, 6.07) is 3.76. The number of nitrogens with zero attached hydrogens (tertiary/aromatic N) is 4. The molecule has 8 atom stereocenters. The Morgan fingerprint density at radius 3 is 2.42 bits per heavy atom. The van der Waals surface area contributed by atoms with Crippen molar-refractivity contribution in [2.45, 2.75) is 95.8 Å². The van der Waals surface area contributed by atoms with Crippen molar-refractivity contribution < 1.29 is 55.7 Å². The first-order valence-corrected chi connectivity index (χ1v) is 20.8. The first-order chi connectivity index (χ1) is 22.6. The molecule has 5 rings (SSSR count). The SMILES string of the molecule is CCCCCC1OC2[C@@H](O1)[C@@H](COP(=O)([O-])OP(=O)([O-])OP(=O)([O-])c1ccc(C)c(C)c1)O[C@H]2n1cnc2c(N)nc(SCCC)nc21. The Morgan fingerprint density at radius 2 is 1.71 bits per heavy atom. The minimum Gasteiger partial charge on any atom is -0.775 e. The van der Waals surface area contributed by atoms with Crippen molar-refractivity contribution in [2.75, 3.05) is 18.1 Å². The van der Waals surface area contributed by atoms with Gasteiger partial charge in [-0.05, 0) is 50.3 Å². The van der Waals surface area contributed by atoms with Crippen LogP contribution >= 0.6 is 35.0 Å². The molecule has 2 saturated heterocycles. The maximum absolute atomic E-state index is 12.7. The van der Waals surface area contributed by atoms with E-state index in [1.54, 1.807) is 18.4 Å². The number of thioether (sulfide) groups is 1. The number of fused-ring (bicyclic) bond motifs is 2. The number of anilines is 1. The number of nitrogen functional groups attached to an aromatic ring is 1. The van der Waals surface area contributed by atoms with Gasteiger partial charge in [0.1, 0.15) is 23.8 Å². The highest BCUT2D eigenvalue weighted by molar-refractivity contribution is 7.99. The first-order valence-electron chi connectivity index (χ1n) is 15.3. The fraction of sp³-hybridized carbons (Fsp3) is 0.593. The summed E-state index contributed by atoms with van der Waals surface area (Å²) >= 11 is 1.42. The van der Waals surface area contributed by atoms with Crippen LogP contribution in [-0.4, -0.2) is 56.5 Å². The number of nitrogens with two attached hydrogens (primary N) is 1. The monoisotopic (exact) mass is 748 g/mol. The quantitative estimate of drug-likeness (QED) is 0.0957. The van der Waals surface area contributed by atoms with E-state index in [1.165, 1.54) is 30.2 Å². The van der Waals surface area contributed by atoms with Crippen LogP contribution in [0, 0.1) is 13.8 Å². The molecular formula is C27H37N5O12P3S-3. The van der Waals surface area contributed by atoms with Gasteiger partial charge >= 0.3 is 0 Å². The molecule has 4 heterocycles. The van der Waals surface area contributed by atoms with Gasteiger partial charge in [0.25, 0.3) is 15.6 Å². The summed E-state index contributed by atoms with van der Waals surface area (Å²) in [4.78, 5) is 50.9. The number of ether oxygens (including phenoxy) is 3. The zero-order valence-electron chi connectivity index (χ0n) is 26.7. The van der Waals surface area contributed by atoms with E-state index in [9.17, 15) is 28.4 Å². The largest absolute Gasteiger partial charge is 0.775 e. The predicted molar refractivity (Wildman–Crippen MR) is 169 cm³/mol. The summed E-state index contributed by atoms with van der Waals surface area (Å²) < 4.78 is 71.0. The third kappa shape index (κ3) is 8.75. The number of imidazole rings is 1. The predicted octanol–water partition coefficient (Wildman–Crippen LogP) is 2.98. The number of rotatable bonds is 16. The van der Waals surface area contributed by atoms with Crippen LogP contribution in [0.2, 0.25) is 0 Å². The molecule has 48 heavy (non-hydrogen) atoms. The lowest BCUT2D eigenvalue weighted by Gasteiger charge is -2.35. The molecule has 21 heteroatoms. The van der Waals surface area contributed by atoms with Gasteiger partial charge in [-0.25, -0.2) is 19.3 Å². The molecule has 266 valence electrons. The molecule has 0 amide bonds. The van der Waals surface area contributed by atoms with E-state index in [0.717, 1.165) is 43.1 Å². The zero-order chi connectivity index (χ0) is 34.9. The lowest BCUT2D eigenvalue weighted by molar-refractivity contribution is -0.246. The van der Waals surface area contributed by atoms with Crippen molar-refractivity contribution in [3.05, 3.63) is 35.7 Å². The lowest BCUT2D eigenvalue weighted by atomic mass is 10.1. The van der Waals surface area contributed by atoms with Gasteiger partial charge in [0.2, 0.25) is 0 Å². The molecule has 2 fully saturated rings. The van der Waals surface area contributed by atoms with E-state index >= 15 is 0 Å². The molecular weight excluding hydrogens is 711 g/mol. The summed E-state index contributed by atoms with van der Waals surface area (Å²) in [5.41, 5.74) is 8.14. The van der Waals surface area contributed by atoms with E-state index in [2.05, 4.69) is 30.5 Å². The second kappa shape index (κ2) is 15.2. The standard InChI is InChI=1S/C27H40N5O12P3S/c1-5-7-8-9-20-41-22-19(14-39-46(35,36)44-47(37,38)43-45(33,34)18-11-10-16(3)17(4)13-18)40-26(23(22)42-20)32-15-29-21-24(28)30-27(31-25(21)32)48-12-6-2/h10-11,13,15,19-20,22-23,26H,5-9,12,14H2,1-4H3,(H,33,34)(H,35,36)(H,37,38)(H2,28,30,31)/p-3/t19-,20?,22+,23?,26-/m1/s1. The Kier molecular flexibility index (Phi) is 11.9. The summed E-state index contributed by atoms with van der Waals surface area (Å²) in [7, 11) is -17.0. The molecule has 0 radical (unpaired) electrons. The molecule has 2 aliphatic heterocycles. The average Bonchev–Trinajstić information content (AvgIpc) is 3.69. The van der Waals surface area contributed by atoms with Crippen molar-refractivity contribution in [3.8, 4) is 0 Å². The Hall–Kier alpha value is -1.75. The third-order valence-electron chi connectivity index (χ3n) is 7.70. The van der Waals surface area contributed by atoms with Crippen molar-refractivity contribution >= 4 is 57.3 Å². The lowest BCUT2D eigenvalue weighted by Crippen LogP contribution is -2.32. The van der Waals surface area contributed by atoms with E-state index in [0.29, 0.717) is 28.3 Å². The van der Waals surface area contributed by atoms with Gasteiger partial charge in [0.15, 0.2) is 36.7 Å². The van der Waals surface area contributed by atoms with Gasteiger partial charge in [-0.15, -0.1) is 0 Å². The third-order valence-corrected chi connectivity index (χ3v) is 13.4. The first kappa shape index (κ1) is 37.5. The van der Waals surface area contributed by atoms with Gasteiger partial charge < -0.3 is 43.7 Å². The fourth-order valence-corrected chi connectivity index (χ4v) is 9.84. The number of hydrogen-bond donors (Lipinski definition) is 1. The van der Waals surface area contributed by atoms with Crippen LogP contribution in [0.3, 0.4) is 0 Å². The highest BCUT2D eigenvalue weighted by Crippen LogP contribution is 2.62. The molecule has 0 bridgehead atoms. The van der Waals surface area contributed by atoms with Gasteiger partial charge in [-0.1, -0.05) is 50.6 Å². The van der Waals surface area contributed by atoms with Gasteiger partial charge in [-0.3, -0.25) is 18.0 Å². The normalized spacial score (nSPS) is 26.3. The van der Waals surface area contributed by atoms with Crippen molar-refractivity contribution in [2.24, 2.45) is 0 Å². The van der Waals surface area contributed by atoms with Gasteiger partial charge in [-0.2, -0.15) is 0 Å². The second-order valence-corrected chi connectivity index (χ2v) is 17.3. The Morgan fingerprint density at radius 1 is 0.958 bits per heavy atom. The van der Waals surface area contributed by atoms with Crippen LogP contribution < -0.4 is 25.7 Å². The summed E-state index contributed by atoms with van der Waals surface area (Å²) in [5, 5.41) is -0.0433. The summed E-state index contributed by atoms with van der Waals surface area (Å²) in [6.45, 7) is 6.65. The Labute approximate surface area is 281 Å². The molecule has 2 aromatic heterocycles. The summed E-state index contributed by atoms with van der Waals surface area (Å²) in [5.74, 6) is 0.928. The minimum absolute atomic E-state index is 0.168. The topological polar surface area (TPSA) is 245 Å². The van der Waals surface area contributed by atoms with Crippen molar-refractivity contribution in [1.82, 2.24) is 19.5 Å². The highest BCUT2D eigenvalue weighted by atomic mass is 32.2. The molecule has 3 aromatic rings. The smallest absolute Gasteiger partial charge is 0.279 e. The Bertz CT molecular complexity index is 1760. The maximum atomic E-state index is 12.7. The molecule has 0 aliphatic carbocycles. The highest BCUT2D eigenvalue weighted by Gasteiger charge is 2.54. The number of phosphoric ester groups is 1. The van der Waals surface area contributed by atoms with Crippen LogP contribution in [0.4, 0.5) is 5.82 Å². The molecule has 5 unspecified atom stereocenters. The molecule has 2 N–H and O–H groups in total. The summed E-state index contributed by atoms with van der Waals surface area (Å²) in [6.07, 6.45) is 1.35. The van der Waals surface area contributed by atoms with Crippen LogP contribution in [0.5, 0.6) is 0 Å². The van der Waals surface area contributed by atoms with Crippen LogP contribution in [0.1, 0.15) is 63.3 Å². The molecule has 0 spiro atoms. The van der Waals surface area contributed by atoms with E-state index < -0.39 is 66.0 Å². The zero-order valence-corrected chi connectivity index (χ0v) is 30.2.